The topological polar surface area (TPSA) is 105 Å². The number of hydrogen-bond donors (Lipinski definition) is 2. The van der Waals surface area contributed by atoms with Gasteiger partial charge in [-0.15, -0.1) is 0 Å². The van der Waals surface area contributed by atoms with Crippen molar-refractivity contribution in [3.8, 4) is 0 Å². The number of aromatic nitrogens is 2. The van der Waals surface area contributed by atoms with E-state index in [1.807, 2.05) is 37.3 Å². The maximum atomic E-state index is 13.1. The molecule has 2 aromatic carbocycles. The van der Waals surface area contributed by atoms with Gasteiger partial charge in [-0.3, -0.25) is 14.2 Å². The minimum Gasteiger partial charge on any atom is -0.481 e. The Hall–Kier alpha value is -3.07. The second-order valence-electron chi connectivity index (χ2n) is 7.87. The Labute approximate surface area is 181 Å². The van der Waals surface area contributed by atoms with Crippen LogP contribution in [0.4, 0.5) is 11.4 Å². The van der Waals surface area contributed by atoms with E-state index >= 15 is 0 Å². The Bertz CT molecular complexity index is 1240. The highest BCUT2D eigenvalue weighted by atomic mass is 32.2. The van der Waals surface area contributed by atoms with Crippen molar-refractivity contribution in [2.75, 3.05) is 22.7 Å². The fourth-order valence-corrected chi connectivity index (χ4v) is 5.42. The number of aliphatic carboxylic acids is 1. The van der Waals surface area contributed by atoms with Crippen LogP contribution >= 0.6 is 0 Å². The van der Waals surface area contributed by atoms with E-state index in [0.29, 0.717) is 37.4 Å². The zero-order valence-electron chi connectivity index (χ0n) is 17.6. The fourth-order valence-electron chi connectivity index (χ4n) is 4.16. The molecular weight excluding hydrogens is 416 g/mol. The number of sulfonamides is 1. The lowest BCUT2D eigenvalue weighted by Gasteiger charge is -2.22. The van der Waals surface area contributed by atoms with Crippen LogP contribution in [0.1, 0.15) is 25.5 Å². The molecule has 4 rings (SSSR count). The molecule has 2 heterocycles. The molecule has 31 heavy (non-hydrogen) atoms. The first-order chi connectivity index (χ1) is 14.8. The SMILES string of the molecule is CCCn1ncc(S(=O)(=O)Nc2ccc(N3CCC(C(=O)O)C3)c3ccccc23)c1C. The van der Waals surface area contributed by atoms with Gasteiger partial charge in [0.05, 0.1) is 23.5 Å². The van der Waals surface area contributed by atoms with Gasteiger partial charge in [-0.05, 0) is 31.9 Å². The van der Waals surface area contributed by atoms with Crippen LogP contribution in [0.25, 0.3) is 10.8 Å². The Morgan fingerprint density at radius 1 is 1.23 bits per heavy atom. The van der Waals surface area contributed by atoms with Gasteiger partial charge in [0.2, 0.25) is 0 Å². The lowest BCUT2D eigenvalue weighted by molar-refractivity contribution is -0.140. The largest absolute Gasteiger partial charge is 0.481 e. The molecule has 1 saturated heterocycles. The third-order valence-electron chi connectivity index (χ3n) is 5.81. The molecule has 1 aromatic heterocycles. The van der Waals surface area contributed by atoms with Crippen molar-refractivity contribution >= 4 is 38.1 Å². The number of benzene rings is 2. The van der Waals surface area contributed by atoms with Gasteiger partial charge in [-0.25, -0.2) is 8.42 Å². The second-order valence-corrected chi connectivity index (χ2v) is 9.52. The number of carboxylic acids is 1. The molecule has 1 unspecified atom stereocenters. The van der Waals surface area contributed by atoms with Gasteiger partial charge in [0.15, 0.2) is 0 Å². The molecule has 8 nitrogen and oxygen atoms in total. The van der Waals surface area contributed by atoms with Gasteiger partial charge in [-0.2, -0.15) is 5.10 Å². The number of anilines is 2. The Balaban J connectivity index is 1.69. The minimum atomic E-state index is -3.81. The third-order valence-corrected chi connectivity index (χ3v) is 7.28. The summed E-state index contributed by atoms with van der Waals surface area (Å²) in [4.78, 5) is 13.6. The van der Waals surface area contributed by atoms with Gasteiger partial charge < -0.3 is 10.0 Å². The molecular formula is C22H26N4O4S. The number of nitrogens with zero attached hydrogens (tertiary/aromatic N) is 3. The quantitative estimate of drug-likeness (QED) is 0.581. The molecule has 0 aliphatic carbocycles. The number of rotatable bonds is 7. The van der Waals surface area contributed by atoms with Crippen molar-refractivity contribution in [3.63, 3.8) is 0 Å². The molecule has 0 amide bonds. The van der Waals surface area contributed by atoms with Gasteiger partial charge >= 0.3 is 5.97 Å². The summed E-state index contributed by atoms with van der Waals surface area (Å²) in [6, 6.07) is 11.2. The highest BCUT2D eigenvalue weighted by Crippen LogP contribution is 2.36. The van der Waals surface area contributed by atoms with Crippen LogP contribution in [-0.2, 0) is 21.4 Å². The average Bonchev–Trinajstić information content (AvgIpc) is 3.36. The van der Waals surface area contributed by atoms with Crippen molar-refractivity contribution in [1.29, 1.82) is 0 Å². The third kappa shape index (κ3) is 3.97. The van der Waals surface area contributed by atoms with Crippen LogP contribution in [0.2, 0.25) is 0 Å². The molecule has 1 aliphatic heterocycles. The summed E-state index contributed by atoms with van der Waals surface area (Å²) in [7, 11) is -3.81. The molecule has 1 aliphatic rings. The maximum Gasteiger partial charge on any atom is 0.308 e. The molecule has 9 heteroatoms. The summed E-state index contributed by atoms with van der Waals surface area (Å²) in [6.45, 7) is 5.53. The summed E-state index contributed by atoms with van der Waals surface area (Å²) < 4.78 is 30.6. The first-order valence-electron chi connectivity index (χ1n) is 10.4. The lowest BCUT2D eigenvalue weighted by Crippen LogP contribution is -2.23. The van der Waals surface area contributed by atoms with Gasteiger partial charge in [0.1, 0.15) is 4.90 Å². The van der Waals surface area contributed by atoms with Crippen molar-refractivity contribution in [2.45, 2.75) is 38.1 Å². The lowest BCUT2D eigenvalue weighted by atomic mass is 10.1. The first-order valence-corrected chi connectivity index (χ1v) is 11.8. The van der Waals surface area contributed by atoms with E-state index in [4.69, 9.17) is 0 Å². The number of hydrogen-bond acceptors (Lipinski definition) is 5. The predicted molar refractivity (Wildman–Crippen MR) is 120 cm³/mol. The normalized spacial score (nSPS) is 16.7. The van der Waals surface area contributed by atoms with E-state index in [9.17, 15) is 18.3 Å². The Morgan fingerprint density at radius 2 is 1.97 bits per heavy atom. The van der Waals surface area contributed by atoms with Crippen molar-refractivity contribution in [3.05, 3.63) is 48.3 Å². The zero-order chi connectivity index (χ0) is 22.2. The molecule has 3 aromatic rings. The molecule has 0 radical (unpaired) electrons. The summed E-state index contributed by atoms with van der Waals surface area (Å²) in [5, 5.41) is 15.2. The Morgan fingerprint density at radius 3 is 2.65 bits per heavy atom. The molecule has 0 spiro atoms. The zero-order valence-corrected chi connectivity index (χ0v) is 18.4. The van der Waals surface area contributed by atoms with E-state index in [1.54, 1.807) is 17.7 Å². The van der Waals surface area contributed by atoms with Crippen molar-refractivity contribution in [1.82, 2.24) is 9.78 Å². The number of nitrogens with one attached hydrogen (secondary N) is 1. The van der Waals surface area contributed by atoms with Crippen molar-refractivity contribution < 1.29 is 18.3 Å². The van der Waals surface area contributed by atoms with E-state index in [2.05, 4.69) is 14.7 Å². The van der Waals surface area contributed by atoms with Crippen LogP contribution in [0.15, 0.2) is 47.5 Å². The number of carboxylic acid groups (broad SMARTS) is 1. The predicted octanol–water partition coefficient (Wildman–Crippen LogP) is 3.47. The molecule has 0 saturated carbocycles. The standard InChI is InChI=1S/C22H26N4O4S/c1-3-11-26-15(2)21(13-23-26)31(29,30)24-19-8-9-20(18-7-5-4-6-17(18)19)25-12-10-16(14-25)22(27)28/h4-9,13,16,24H,3,10-12,14H2,1-2H3,(H,27,28). The second kappa shape index (κ2) is 8.22. The molecule has 1 atom stereocenters. The molecule has 2 N–H and O–H groups in total. The van der Waals surface area contributed by atoms with E-state index in [1.165, 1.54) is 6.20 Å². The van der Waals surface area contributed by atoms with E-state index < -0.39 is 16.0 Å². The number of fused-ring (bicyclic) bond motifs is 1. The minimum absolute atomic E-state index is 0.165. The molecule has 0 bridgehead atoms. The monoisotopic (exact) mass is 442 g/mol. The summed E-state index contributed by atoms with van der Waals surface area (Å²) >= 11 is 0. The van der Waals surface area contributed by atoms with Gasteiger partial charge in [0, 0.05) is 36.1 Å². The number of carbonyl (C=O) groups is 1. The van der Waals surface area contributed by atoms with E-state index in [0.717, 1.165) is 22.9 Å². The summed E-state index contributed by atoms with van der Waals surface area (Å²) in [5.74, 6) is -1.17. The van der Waals surface area contributed by atoms with Crippen LogP contribution in [0, 0.1) is 12.8 Å². The summed E-state index contributed by atoms with van der Waals surface area (Å²) in [5.41, 5.74) is 2.00. The van der Waals surface area contributed by atoms with Crippen LogP contribution in [0.3, 0.4) is 0 Å². The smallest absolute Gasteiger partial charge is 0.308 e. The van der Waals surface area contributed by atoms with Crippen LogP contribution < -0.4 is 9.62 Å². The fraction of sp³-hybridized carbons (Fsp3) is 0.364. The van der Waals surface area contributed by atoms with Crippen LogP contribution in [-0.4, -0.2) is 42.4 Å². The summed E-state index contributed by atoms with van der Waals surface area (Å²) in [6.07, 6.45) is 2.85. The van der Waals surface area contributed by atoms with E-state index in [-0.39, 0.29) is 10.8 Å². The van der Waals surface area contributed by atoms with Crippen molar-refractivity contribution in [2.24, 2.45) is 5.92 Å². The average molecular weight is 443 g/mol. The maximum absolute atomic E-state index is 13.1. The molecule has 164 valence electrons. The number of aryl methyl sites for hydroxylation is 1. The van der Waals surface area contributed by atoms with Gasteiger partial charge in [0.25, 0.3) is 10.0 Å². The van der Waals surface area contributed by atoms with Gasteiger partial charge in [-0.1, -0.05) is 31.2 Å². The molecule has 1 fully saturated rings. The Kier molecular flexibility index (Phi) is 5.62. The highest BCUT2D eigenvalue weighted by Gasteiger charge is 2.29. The first kappa shape index (κ1) is 21.2. The highest BCUT2D eigenvalue weighted by molar-refractivity contribution is 7.92. The van der Waals surface area contributed by atoms with Crippen LogP contribution in [0.5, 0.6) is 0 Å².